The first kappa shape index (κ1) is 20.8. The second-order valence-electron chi connectivity index (χ2n) is 7.84. The smallest absolute Gasteiger partial charge is 0.253 e. The SMILES string of the molecule is CCC1CN(C(=O)c2ccccc2)CCC1CC(=O)NCCN1CCOCC1. The Balaban J connectivity index is 1.43. The molecule has 2 aliphatic heterocycles. The van der Waals surface area contributed by atoms with Crippen LogP contribution in [0.4, 0.5) is 0 Å². The number of piperidine rings is 1. The van der Waals surface area contributed by atoms with Gasteiger partial charge in [0.25, 0.3) is 5.91 Å². The van der Waals surface area contributed by atoms with E-state index in [9.17, 15) is 9.59 Å². The minimum atomic E-state index is 0.104. The molecule has 2 atom stereocenters. The van der Waals surface area contributed by atoms with Crippen molar-refractivity contribution >= 4 is 11.8 Å². The summed E-state index contributed by atoms with van der Waals surface area (Å²) in [6, 6.07) is 9.47. The van der Waals surface area contributed by atoms with Crippen LogP contribution in [0, 0.1) is 11.8 Å². The number of morpholine rings is 1. The third kappa shape index (κ3) is 5.79. The van der Waals surface area contributed by atoms with E-state index < -0.39 is 0 Å². The van der Waals surface area contributed by atoms with Gasteiger partial charge in [0.05, 0.1) is 13.2 Å². The van der Waals surface area contributed by atoms with Crippen molar-refractivity contribution < 1.29 is 14.3 Å². The average molecular weight is 388 g/mol. The van der Waals surface area contributed by atoms with Gasteiger partial charge in [-0.3, -0.25) is 14.5 Å². The van der Waals surface area contributed by atoms with Crippen LogP contribution < -0.4 is 5.32 Å². The number of amides is 2. The zero-order chi connectivity index (χ0) is 19.8. The van der Waals surface area contributed by atoms with Crippen LogP contribution in [0.3, 0.4) is 0 Å². The van der Waals surface area contributed by atoms with Crippen LogP contribution in [0.1, 0.15) is 36.5 Å². The molecule has 3 rings (SSSR count). The fourth-order valence-corrected chi connectivity index (χ4v) is 4.25. The zero-order valence-electron chi connectivity index (χ0n) is 16.9. The van der Waals surface area contributed by atoms with Gasteiger partial charge >= 0.3 is 0 Å². The summed E-state index contributed by atoms with van der Waals surface area (Å²) in [4.78, 5) is 29.4. The molecule has 0 bridgehead atoms. The average Bonchev–Trinajstić information content (AvgIpc) is 2.75. The standard InChI is InChI=1S/C22H33N3O3/c1-2-18-17-25(22(27)19-6-4-3-5-7-19)10-8-20(18)16-21(26)23-9-11-24-12-14-28-15-13-24/h3-7,18,20H,2,8-17H2,1H3,(H,23,26). The third-order valence-electron chi connectivity index (χ3n) is 6.03. The molecule has 0 aromatic heterocycles. The van der Waals surface area contributed by atoms with E-state index in [1.54, 1.807) is 0 Å². The lowest BCUT2D eigenvalue weighted by molar-refractivity contribution is -0.122. The van der Waals surface area contributed by atoms with Gasteiger partial charge in [-0.15, -0.1) is 0 Å². The highest BCUT2D eigenvalue weighted by molar-refractivity contribution is 5.94. The van der Waals surface area contributed by atoms with E-state index in [1.165, 1.54) is 0 Å². The Kier molecular flexibility index (Phi) is 7.86. The lowest BCUT2D eigenvalue weighted by Crippen LogP contribution is -2.45. The maximum Gasteiger partial charge on any atom is 0.253 e. The van der Waals surface area contributed by atoms with Crippen LogP contribution in [0.2, 0.25) is 0 Å². The number of nitrogens with one attached hydrogen (secondary N) is 1. The van der Waals surface area contributed by atoms with E-state index in [4.69, 9.17) is 4.74 Å². The molecule has 1 aromatic rings. The zero-order valence-corrected chi connectivity index (χ0v) is 16.9. The van der Waals surface area contributed by atoms with E-state index in [0.29, 0.717) is 24.8 Å². The predicted molar refractivity (Wildman–Crippen MR) is 109 cm³/mol. The molecule has 2 fully saturated rings. The van der Waals surface area contributed by atoms with Gasteiger partial charge in [-0.1, -0.05) is 31.5 Å². The van der Waals surface area contributed by atoms with Gasteiger partial charge in [0.15, 0.2) is 0 Å². The Labute approximate surface area is 168 Å². The Morgan fingerprint density at radius 2 is 1.86 bits per heavy atom. The Morgan fingerprint density at radius 1 is 1.11 bits per heavy atom. The molecule has 154 valence electrons. The van der Waals surface area contributed by atoms with Gasteiger partial charge in [0, 0.05) is 51.3 Å². The topological polar surface area (TPSA) is 61.9 Å². The minimum absolute atomic E-state index is 0.104. The lowest BCUT2D eigenvalue weighted by Gasteiger charge is -2.38. The van der Waals surface area contributed by atoms with E-state index in [0.717, 1.165) is 64.3 Å². The summed E-state index contributed by atoms with van der Waals surface area (Å²) in [5.41, 5.74) is 0.747. The summed E-state index contributed by atoms with van der Waals surface area (Å²) in [5, 5.41) is 3.08. The van der Waals surface area contributed by atoms with Crippen molar-refractivity contribution in [2.45, 2.75) is 26.2 Å². The second kappa shape index (κ2) is 10.6. The van der Waals surface area contributed by atoms with Crippen LogP contribution in [0.25, 0.3) is 0 Å². The number of nitrogens with zero attached hydrogens (tertiary/aromatic N) is 2. The molecule has 0 spiro atoms. The van der Waals surface area contributed by atoms with Gasteiger partial charge in [-0.05, 0) is 30.4 Å². The van der Waals surface area contributed by atoms with Crippen molar-refractivity contribution in [3.63, 3.8) is 0 Å². The van der Waals surface area contributed by atoms with Crippen LogP contribution in [-0.2, 0) is 9.53 Å². The van der Waals surface area contributed by atoms with Crippen molar-refractivity contribution in [3.05, 3.63) is 35.9 Å². The van der Waals surface area contributed by atoms with E-state index in [1.807, 2.05) is 35.2 Å². The molecule has 6 nitrogen and oxygen atoms in total. The molecule has 2 aliphatic rings. The summed E-state index contributed by atoms with van der Waals surface area (Å²) < 4.78 is 5.35. The van der Waals surface area contributed by atoms with Gasteiger partial charge in [-0.25, -0.2) is 0 Å². The molecule has 0 aliphatic carbocycles. The molecule has 1 aromatic carbocycles. The summed E-state index contributed by atoms with van der Waals surface area (Å²) in [6.07, 6.45) is 2.45. The summed E-state index contributed by atoms with van der Waals surface area (Å²) in [6.45, 7) is 8.68. The number of likely N-dealkylation sites (tertiary alicyclic amines) is 1. The fourth-order valence-electron chi connectivity index (χ4n) is 4.25. The molecule has 2 unspecified atom stereocenters. The number of ether oxygens (including phenoxy) is 1. The fraction of sp³-hybridized carbons (Fsp3) is 0.636. The van der Waals surface area contributed by atoms with E-state index >= 15 is 0 Å². The van der Waals surface area contributed by atoms with E-state index in [-0.39, 0.29) is 11.8 Å². The molecule has 6 heteroatoms. The van der Waals surface area contributed by atoms with Crippen molar-refractivity contribution in [1.29, 1.82) is 0 Å². The monoisotopic (exact) mass is 387 g/mol. The molecule has 0 saturated carbocycles. The molecule has 0 radical (unpaired) electrons. The Morgan fingerprint density at radius 3 is 2.57 bits per heavy atom. The molecule has 1 N–H and O–H groups in total. The lowest BCUT2D eigenvalue weighted by atomic mass is 9.81. The largest absolute Gasteiger partial charge is 0.379 e. The van der Waals surface area contributed by atoms with Crippen molar-refractivity contribution in [2.75, 3.05) is 52.5 Å². The maximum absolute atomic E-state index is 12.7. The quantitative estimate of drug-likeness (QED) is 0.778. The van der Waals surface area contributed by atoms with Gasteiger partial charge < -0.3 is 15.0 Å². The second-order valence-corrected chi connectivity index (χ2v) is 7.84. The molecule has 28 heavy (non-hydrogen) atoms. The number of carbonyl (C=O) groups excluding carboxylic acids is 2. The van der Waals surface area contributed by atoms with Crippen molar-refractivity contribution in [1.82, 2.24) is 15.1 Å². The summed E-state index contributed by atoms with van der Waals surface area (Å²) in [7, 11) is 0. The molecule has 2 saturated heterocycles. The normalized spacial score (nSPS) is 23.4. The van der Waals surface area contributed by atoms with Crippen molar-refractivity contribution in [3.8, 4) is 0 Å². The molecule has 2 amide bonds. The van der Waals surface area contributed by atoms with Gasteiger partial charge in [0.1, 0.15) is 0 Å². The van der Waals surface area contributed by atoms with Crippen LogP contribution in [0.15, 0.2) is 30.3 Å². The number of carbonyl (C=O) groups is 2. The van der Waals surface area contributed by atoms with Gasteiger partial charge in [0.2, 0.25) is 5.91 Å². The first-order valence-electron chi connectivity index (χ1n) is 10.6. The van der Waals surface area contributed by atoms with Crippen LogP contribution >= 0.6 is 0 Å². The number of benzene rings is 1. The molecular weight excluding hydrogens is 354 g/mol. The Bertz CT molecular complexity index is 631. The summed E-state index contributed by atoms with van der Waals surface area (Å²) >= 11 is 0. The highest BCUT2D eigenvalue weighted by Gasteiger charge is 2.32. The highest BCUT2D eigenvalue weighted by Crippen LogP contribution is 2.29. The molecular formula is C22H33N3O3. The molecule has 2 heterocycles. The first-order chi connectivity index (χ1) is 13.7. The number of hydrogen-bond donors (Lipinski definition) is 1. The predicted octanol–water partition coefficient (Wildman–Crippen LogP) is 2.01. The highest BCUT2D eigenvalue weighted by atomic mass is 16.5. The number of hydrogen-bond acceptors (Lipinski definition) is 4. The first-order valence-corrected chi connectivity index (χ1v) is 10.6. The van der Waals surface area contributed by atoms with E-state index in [2.05, 4.69) is 17.1 Å². The summed E-state index contributed by atoms with van der Waals surface area (Å²) in [5.74, 6) is 0.978. The van der Waals surface area contributed by atoms with Gasteiger partial charge in [-0.2, -0.15) is 0 Å². The Hall–Kier alpha value is -1.92. The maximum atomic E-state index is 12.7. The van der Waals surface area contributed by atoms with Crippen LogP contribution in [0.5, 0.6) is 0 Å². The van der Waals surface area contributed by atoms with Crippen molar-refractivity contribution in [2.24, 2.45) is 11.8 Å². The third-order valence-corrected chi connectivity index (χ3v) is 6.03. The number of rotatable bonds is 7. The minimum Gasteiger partial charge on any atom is -0.379 e. The van der Waals surface area contributed by atoms with Crippen LogP contribution in [-0.4, -0.2) is 74.1 Å².